The van der Waals surface area contributed by atoms with E-state index in [9.17, 15) is 9.18 Å². The van der Waals surface area contributed by atoms with Crippen molar-refractivity contribution >= 4 is 6.09 Å². The molecule has 3 N–H and O–H groups in total. The Labute approximate surface area is 125 Å². The number of ether oxygens (including phenoxy) is 1. The van der Waals surface area contributed by atoms with Crippen molar-refractivity contribution in [1.82, 2.24) is 5.32 Å². The summed E-state index contributed by atoms with van der Waals surface area (Å²) < 4.78 is 18.7. The van der Waals surface area contributed by atoms with Gasteiger partial charge in [-0.05, 0) is 51.0 Å². The maximum absolute atomic E-state index is 13.5. The van der Waals surface area contributed by atoms with E-state index in [0.717, 1.165) is 11.1 Å². The quantitative estimate of drug-likeness (QED) is 0.898. The number of hydrogen-bond acceptors (Lipinski definition) is 3. The standard InChI is InChI=1S/C16H25FN2O2/c1-11-6-7-12(17)8-13(11)16(5,9-18)10-19-14(20)21-15(2,3)4/h6-8H,9-10,18H2,1-5H3,(H,19,20). The topological polar surface area (TPSA) is 64.3 Å². The van der Waals surface area contributed by atoms with Crippen molar-refractivity contribution in [2.24, 2.45) is 5.73 Å². The summed E-state index contributed by atoms with van der Waals surface area (Å²) in [7, 11) is 0. The summed E-state index contributed by atoms with van der Waals surface area (Å²) >= 11 is 0. The Morgan fingerprint density at radius 1 is 1.33 bits per heavy atom. The van der Waals surface area contributed by atoms with E-state index >= 15 is 0 Å². The van der Waals surface area contributed by atoms with E-state index in [1.165, 1.54) is 12.1 Å². The molecule has 4 nitrogen and oxygen atoms in total. The second-order valence-electron chi connectivity index (χ2n) is 6.58. The number of alkyl carbamates (subject to hydrolysis) is 1. The summed E-state index contributed by atoms with van der Waals surface area (Å²) in [5.74, 6) is -0.312. The third kappa shape index (κ3) is 5.01. The van der Waals surface area contributed by atoms with Gasteiger partial charge in [-0.2, -0.15) is 0 Å². The Kier molecular flexibility index (Phi) is 5.34. The van der Waals surface area contributed by atoms with Crippen molar-refractivity contribution in [3.8, 4) is 0 Å². The molecule has 0 bridgehead atoms. The van der Waals surface area contributed by atoms with Crippen LogP contribution in [0.1, 0.15) is 38.8 Å². The van der Waals surface area contributed by atoms with Crippen LogP contribution in [0.4, 0.5) is 9.18 Å². The number of amides is 1. The van der Waals surface area contributed by atoms with E-state index in [0.29, 0.717) is 0 Å². The molecule has 0 heterocycles. The van der Waals surface area contributed by atoms with Gasteiger partial charge in [0.15, 0.2) is 0 Å². The van der Waals surface area contributed by atoms with Crippen LogP contribution in [0, 0.1) is 12.7 Å². The van der Waals surface area contributed by atoms with E-state index in [-0.39, 0.29) is 18.9 Å². The van der Waals surface area contributed by atoms with Gasteiger partial charge in [-0.1, -0.05) is 13.0 Å². The fourth-order valence-corrected chi connectivity index (χ4v) is 2.10. The molecule has 1 aromatic carbocycles. The van der Waals surface area contributed by atoms with Gasteiger partial charge in [0, 0.05) is 18.5 Å². The van der Waals surface area contributed by atoms with E-state index in [4.69, 9.17) is 10.5 Å². The normalized spacial score (nSPS) is 14.4. The van der Waals surface area contributed by atoms with Crippen molar-refractivity contribution in [3.63, 3.8) is 0 Å². The predicted molar refractivity (Wildman–Crippen MR) is 81.8 cm³/mol. The lowest BCUT2D eigenvalue weighted by Crippen LogP contribution is -2.45. The van der Waals surface area contributed by atoms with Crippen LogP contribution in [0.5, 0.6) is 0 Å². The molecule has 1 amide bonds. The van der Waals surface area contributed by atoms with Gasteiger partial charge in [-0.25, -0.2) is 9.18 Å². The zero-order valence-electron chi connectivity index (χ0n) is 13.4. The van der Waals surface area contributed by atoms with E-state index < -0.39 is 17.1 Å². The predicted octanol–water partition coefficient (Wildman–Crippen LogP) is 2.88. The van der Waals surface area contributed by atoms with Gasteiger partial charge in [0.05, 0.1) is 0 Å². The highest BCUT2D eigenvalue weighted by atomic mass is 19.1. The molecule has 1 rings (SSSR count). The number of nitrogens with one attached hydrogen (secondary N) is 1. The molecule has 5 heteroatoms. The summed E-state index contributed by atoms with van der Waals surface area (Å²) in [4.78, 5) is 11.8. The number of hydrogen-bond donors (Lipinski definition) is 2. The molecule has 0 fully saturated rings. The highest BCUT2D eigenvalue weighted by Gasteiger charge is 2.28. The molecule has 0 saturated carbocycles. The molecule has 118 valence electrons. The van der Waals surface area contributed by atoms with Crippen LogP contribution in [0.25, 0.3) is 0 Å². The average Bonchev–Trinajstić information content (AvgIpc) is 2.37. The third-order valence-electron chi connectivity index (χ3n) is 3.32. The largest absolute Gasteiger partial charge is 0.444 e. The van der Waals surface area contributed by atoms with Crippen molar-refractivity contribution in [2.75, 3.05) is 13.1 Å². The first-order valence-electron chi connectivity index (χ1n) is 7.01. The number of carbonyl (C=O) groups is 1. The summed E-state index contributed by atoms with van der Waals surface area (Å²) in [5, 5.41) is 2.71. The van der Waals surface area contributed by atoms with Gasteiger partial charge in [-0.15, -0.1) is 0 Å². The van der Waals surface area contributed by atoms with E-state index in [1.54, 1.807) is 26.8 Å². The Morgan fingerprint density at radius 2 is 1.95 bits per heavy atom. The Hall–Kier alpha value is -1.62. The second-order valence-corrected chi connectivity index (χ2v) is 6.58. The summed E-state index contributed by atoms with van der Waals surface area (Å²) in [6.07, 6.45) is -0.503. The van der Waals surface area contributed by atoms with Gasteiger partial charge < -0.3 is 15.8 Å². The maximum Gasteiger partial charge on any atom is 0.407 e. The lowest BCUT2D eigenvalue weighted by Gasteiger charge is -2.31. The second kappa shape index (κ2) is 6.43. The van der Waals surface area contributed by atoms with Gasteiger partial charge in [-0.3, -0.25) is 0 Å². The monoisotopic (exact) mass is 296 g/mol. The van der Waals surface area contributed by atoms with E-state index in [1.807, 2.05) is 13.8 Å². The Morgan fingerprint density at radius 3 is 2.48 bits per heavy atom. The van der Waals surface area contributed by atoms with Gasteiger partial charge >= 0.3 is 6.09 Å². The molecule has 0 aliphatic heterocycles. The maximum atomic E-state index is 13.5. The lowest BCUT2D eigenvalue weighted by atomic mass is 9.80. The Balaban J connectivity index is 2.86. The number of halogens is 1. The molecular weight excluding hydrogens is 271 g/mol. The summed E-state index contributed by atoms with van der Waals surface area (Å²) in [6, 6.07) is 4.60. The molecule has 0 aliphatic rings. The van der Waals surface area contributed by atoms with Gasteiger partial charge in [0.2, 0.25) is 0 Å². The minimum atomic E-state index is -0.558. The average molecular weight is 296 g/mol. The molecule has 0 radical (unpaired) electrons. The van der Waals surface area contributed by atoms with E-state index in [2.05, 4.69) is 5.32 Å². The zero-order chi connectivity index (χ0) is 16.3. The molecule has 1 aromatic rings. The molecule has 0 aliphatic carbocycles. The molecule has 21 heavy (non-hydrogen) atoms. The number of nitrogens with two attached hydrogens (primary N) is 1. The SMILES string of the molecule is Cc1ccc(F)cc1C(C)(CN)CNC(=O)OC(C)(C)C. The van der Waals surface area contributed by atoms with Gasteiger partial charge in [0.1, 0.15) is 11.4 Å². The molecular formula is C16H25FN2O2. The lowest BCUT2D eigenvalue weighted by molar-refractivity contribution is 0.0516. The molecule has 1 unspecified atom stereocenters. The highest BCUT2D eigenvalue weighted by molar-refractivity contribution is 5.67. The first-order chi connectivity index (χ1) is 9.57. The fourth-order valence-electron chi connectivity index (χ4n) is 2.10. The summed E-state index contributed by atoms with van der Waals surface area (Å²) in [5.41, 5.74) is 6.48. The minimum absolute atomic E-state index is 0.280. The number of aryl methyl sites for hydroxylation is 1. The number of rotatable bonds is 4. The van der Waals surface area contributed by atoms with Crippen LogP contribution >= 0.6 is 0 Å². The van der Waals surface area contributed by atoms with Crippen molar-refractivity contribution < 1.29 is 13.9 Å². The minimum Gasteiger partial charge on any atom is -0.444 e. The van der Waals surface area contributed by atoms with Crippen LogP contribution in [0.3, 0.4) is 0 Å². The van der Waals surface area contributed by atoms with Gasteiger partial charge in [0.25, 0.3) is 0 Å². The Bertz CT molecular complexity index is 511. The molecule has 0 spiro atoms. The summed E-state index contributed by atoms with van der Waals surface area (Å²) in [6.45, 7) is 9.75. The van der Waals surface area contributed by atoms with Crippen LogP contribution < -0.4 is 11.1 Å². The van der Waals surface area contributed by atoms with Crippen molar-refractivity contribution in [2.45, 2.75) is 45.6 Å². The first kappa shape index (κ1) is 17.4. The first-order valence-corrected chi connectivity index (χ1v) is 7.01. The van der Waals surface area contributed by atoms with Crippen LogP contribution in [0.2, 0.25) is 0 Å². The van der Waals surface area contributed by atoms with Crippen LogP contribution in [0.15, 0.2) is 18.2 Å². The molecule has 0 saturated heterocycles. The molecule has 0 aromatic heterocycles. The van der Waals surface area contributed by atoms with Crippen LogP contribution in [-0.2, 0) is 10.2 Å². The highest BCUT2D eigenvalue weighted by Crippen LogP contribution is 2.26. The van der Waals surface area contributed by atoms with Crippen LogP contribution in [-0.4, -0.2) is 24.8 Å². The van der Waals surface area contributed by atoms with Crippen molar-refractivity contribution in [1.29, 1.82) is 0 Å². The zero-order valence-corrected chi connectivity index (χ0v) is 13.4. The third-order valence-corrected chi connectivity index (χ3v) is 3.32. The number of benzene rings is 1. The number of carbonyl (C=O) groups excluding carboxylic acids is 1. The van der Waals surface area contributed by atoms with Crippen molar-refractivity contribution in [3.05, 3.63) is 35.1 Å². The molecule has 1 atom stereocenters. The fraction of sp³-hybridized carbons (Fsp3) is 0.562. The smallest absolute Gasteiger partial charge is 0.407 e.